The largest absolute Gasteiger partial charge is 0.472 e. The number of rotatable bonds is 38. The lowest BCUT2D eigenvalue weighted by molar-refractivity contribution is -0.154. The van der Waals surface area contributed by atoms with Gasteiger partial charge in [0.2, 0.25) is 0 Å². The minimum atomic E-state index is -4.52. The van der Waals surface area contributed by atoms with Gasteiger partial charge in [-0.1, -0.05) is 152 Å². The highest BCUT2D eigenvalue weighted by Gasteiger charge is 2.26. The molecule has 0 spiro atoms. The molecule has 3 N–H and O–H groups in total. The molecule has 0 radical (unpaired) electrons. The van der Waals surface area contributed by atoms with Crippen LogP contribution in [0.3, 0.4) is 0 Å². The van der Waals surface area contributed by atoms with Gasteiger partial charge in [-0.3, -0.25) is 13.8 Å². The number of allylic oxidation sites excluding steroid dienone is 10. The zero-order chi connectivity index (χ0) is 38.2. The number of unbranched alkanes of at least 4 members (excludes halogenated alkanes) is 14. The molecule has 0 bridgehead atoms. The van der Waals surface area contributed by atoms with Gasteiger partial charge in [-0.2, -0.15) is 0 Å². The molecule has 3 atom stereocenters. The Bertz CT molecular complexity index is 992. The normalized spacial score (nSPS) is 14.8. The van der Waals surface area contributed by atoms with Gasteiger partial charge in [-0.15, -0.1) is 0 Å². The first-order valence-electron chi connectivity index (χ1n) is 20.3. The Kier molecular flexibility index (Phi) is 37.5. The van der Waals surface area contributed by atoms with E-state index in [0.717, 1.165) is 70.6 Å². The molecule has 10 heteroatoms. The monoisotopic (exact) mass is 755 g/mol. The van der Waals surface area contributed by atoms with Crippen LogP contribution in [0.1, 0.15) is 155 Å². The van der Waals surface area contributed by atoms with Gasteiger partial charge in [0.15, 0.2) is 0 Å². The van der Waals surface area contributed by atoms with Crippen molar-refractivity contribution >= 4 is 13.8 Å². The van der Waals surface area contributed by atoms with Gasteiger partial charge < -0.3 is 24.6 Å². The average molecular weight is 755 g/mol. The van der Waals surface area contributed by atoms with Crippen molar-refractivity contribution in [1.82, 2.24) is 0 Å². The van der Waals surface area contributed by atoms with Crippen molar-refractivity contribution in [3.05, 3.63) is 60.8 Å². The number of esters is 1. The first-order valence-corrected chi connectivity index (χ1v) is 21.8. The van der Waals surface area contributed by atoms with Gasteiger partial charge in [0, 0.05) is 13.0 Å². The molecule has 0 aliphatic rings. The van der Waals surface area contributed by atoms with Crippen molar-refractivity contribution in [3.63, 3.8) is 0 Å². The molecule has 0 fully saturated rings. The highest BCUT2D eigenvalue weighted by atomic mass is 31.2. The summed E-state index contributed by atoms with van der Waals surface area (Å²) in [5, 5.41) is 18.3. The Morgan fingerprint density at radius 3 is 1.63 bits per heavy atom. The first-order chi connectivity index (χ1) is 25.3. The summed E-state index contributed by atoms with van der Waals surface area (Å²) >= 11 is 0. The van der Waals surface area contributed by atoms with Crippen LogP contribution in [-0.2, 0) is 27.9 Å². The number of aliphatic hydroxyl groups excluding tert-OH is 2. The molecule has 0 aliphatic heterocycles. The molecule has 302 valence electrons. The van der Waals surface area contributed by atoms with Gasteiger partial charge in [-0.25, -0.2) is 4.57 Å². The number of phosphoric ester groups is 1. The summed E-state index contributed by atoms with van der Waals surface area (Å²) in [7, 11) is -4.52. The second kappa shape index (κ2) is 38.9. The molecule has 52 heavy (non-hydrogen) atoms. The number of hydrogen-bond acceptors (Lipinski definition) is 8. The third kappa shape index (κ3) is 37.9. The average Bonchev–Trinajstić information content (AvgIpc) is 3.13. The predicted octanol–water partition coefficient (Wildman–Crippen LogP) is 10.8. The number of hydrogen-bond donors (Lipinski definition) is 3. The van der Waals surface area contributed by atoms with Crippen LogP contribution in [0.15, 0.2) is 60.8 Å². The smallest absolute Gasteiger partial charge is 0.457 e. The summed E-state index contributed by atoms with van der Waals surface area (Å²) in [5.41, 5.74) is 0. The molecule has 0 saturated carbocycles. The lowest BCUT2D eigenvalue weighted by atomic mass is 10.1. The number of carbonyl (C=O) groups excluding carboxylic acids is 1. The zero-order valence-corrected chi connectivity index (χ0v) is 33.7. The highest BCUT2D eigenvalue weighted by molar-refractivity contribution is 7.47. The van der Waals surface area contributed by atoms with Crippen molar-refractivity contribution in [1.29, 1.82) is 0 Å². The molecule has 0 amide bonds. The second-order valence-corrected chi connectivity index (χ2v) is 14.7. The van der Waals surface area contributed by atoms with Gasteiger partial charge in [0.1, 0.15) is 12.2 Å². The molecule has 0 saturated heterocycles. The molecule has 0 aliphatic carbocycles. The minimum Gasteiger partial charge on any atom is -0.457 e. The standard InChI is InChI=1S/C42H75O9P/c1-3-5-7-9-11-13-15-17-18-19-20-21-22-23-24-26-28-30-32-34-42(45)51-41(39-50-52(46,47)49-37-40(44)36-43)38-48-35-33-31-29-27-25-16-14-12-10-8-6-4-2/h5,7,11,13,17-18,20-21,23-24,40-41,43-44H,3-4,6,8-10,12,14-16,19,22,25-39H2,1-2H3,(H,46,47)/b7-5-,13-11-,18-17-,21-20-,24-23-. The van der Waals surface area contributed by atoms with E-state index in [1.54, 1.807) is 0 Å². The number of carbonyl (C=O) groups is 1. The fourth-order valence-corrected chi connectivity index (χ4v) is 5.93. The Balaban J connectivity index is 4.28. The summed E-state index contributed by atoms with van der Waals surface area (Å²) in [6.07, 6.45) is 43.2. The van der Waals surface area contributed by atoms with Gasteiger partial charge in [0.05, 0.1) is 26.4 Å². The topological polar surface area (TPSA) is 132 Å². The van der Waals surface area contributed by atoms with Crippen LogP contribution in [0.5, 0.6) is 0 Å². The fraction of sp³-hybridized carbons (Fsp3) is 0.738. The summed E-state index contributed by atoms with van der Waals surface area (Å²) in [5.74, 6) is -0.415. The minimum absolute atomic E-state index is 0.0348. The van der Waals surface area contributed by atoms with Crippen LogP contribution in [0, 0.1) is 0 Å². The van der Waals surface area contributed by atoms with Gasteiger partial charge >= 0.3 is 13.8 Å². The molecule has 9 nitrogen and oxygen atoms in total. The van der Waals surface area contributed by atoms with Crippen LogP contribution in [0.2, 0.25) is 0 Å². The van der Waals surface area contributed by atoms with Crippen LogP contribution in [0.25, 0.3) is 0 Å². The van der Waals surface area contributed by atoms with E-state index in [4.69, 9.17) is 23.6 Å². The fourth-order valence-electron chi connectivity index (χ4n) is 5.15. The Labute approximate surface area is 317 Å². The molecule has 3 unspecified atom stereocenters. The molecule has 0 heterocycles. The molecule has 0 aromatic rings. The van der Waals surface area contributed by atoms with E-state index in [0.29, 0.717) is 13.0 Å². The maximum absolute atomic E-state index is 12.6. The number of phosphoric acid groups is 1. The SMILES string of the molecule is CC/C=C\C/C=C\C/C=C\C/C=C\C/C=C\CCCCCC(=O)OC(COCCCCCCCCCCCCCC)COP(=O)(O)OCC(O)CO. The van der Waals surface area contributed by atoms with E-state index in [-0.39, 0.29) is 13.0 Å². The maximum Gasteiger partial charge on any atom is 0.472 e. The number of ether oxygens (including phenoxy) is 2. The first kappa shape index (κ1) is 50.2. The van der Waals surface area contributed by atoms with E-state index in [1.165, 1.54) is 57.8 Å². The maximum atomic E-state index is 12.6. The van der Waals surface area contributed by atoms with E-state index in [2.05, 4.69) is 74.6 Å². The number of aliphatic hydroxyl groups is 2. The van der Waals surface area contributed by atoms with Crippen LogP contribution >= 0.6 is 7.82 Å². The van der Waals surface area contributed by atoms with Crippen LogP contribution in [-0.4, -0.2) is 66.3 Å². The molecule has 0 aromatic carbocycles. The third-order valence-corrected chi connectivity index (χ3v) is 9.17. The van der Waals surface area contributed by atoms with E-state index in [9.17, 15) is 19.4 Å². The molecule has 0 aromatic heterocycles. The van der Waals surface area contributed by atoms with Crippen molar-refractivity contribution in [2.45, 2.75) is 167 Å². The van der Waals surface area contributed by atoms with Crippen molar-refractivity contribution < 1.29 is 43.0 Å². The summed E-state index contributed by atoms with van der Waals surface area (Å²) < 4.78 is 33.2. The van der Waals surface area contributed by atoms with E-state index in [1.807, 2.05) is 0 Å². The quantitative estimate of drug-likeness (QED) is 0.0244. The van der Waals surface area contributed by atoms with Crippen molar-refractivity contribution in [2.75, 3.05) is 33.0 Å². The van der Waals surface area contributed by atoms with Crippen LogP contribution < -0.4 is 0 Å². The summed E-state index contributed by atoms with van der Waals surface area (Å²) in [6.45, 7) is 3.34. The second-order valence-electron chi connectivity index (χ2n) is 13.3. The van der Waals surface area contributed by atoms with E-state index < -0.39 is 45.8 Å². The van der Waals surface area contributed by atoms with E-state index >= 15 is 0 Å². The zero-order valence-electron chi connectivity index (χ0n) is 32.8. The van der Waals surface area contributed by atoms with Crippen molar-refractivity contribution in [3.8, 4) is 0 Å². The highest BCUT2D eigenvalue weighted by Crippen LogP contribution is 2.43. The van der Waals surface area contributed by atoms with Gasteiger partial charge in [0.25, 0.3) is 0 Å². The van der Waals surface area contributed by atoms with Crippen molar-refractivity contribution in [2.24, 2.45) is 0 Å². The Hall–Kier alpha value is -1.84. The van der Waals surface area contributed by atoms with Gasteiger partial charge in [-0.05, 0) is 57.8 Å². The summed E-state index contributed by atoms with van der Waals surface area (Å²) in [4.78, 5) is 22.5. The predicted molar refractivity (Wildman–Crippen MR) is 214 cm³/mol. The molecular weight excluding hydrogens is 679 g/mol. The third-order valence-electron chi connectivity index (χ3n) is 8.22. The Morgan fingerprint density at radius 1 is 0.615 bits per heavy atom. The molecular formula is C42H75O9P. The lowest BCUT2D eigenvalue weighted by Gasteiger charge is -2.20. The summed E-state index contributed by atoms with van der Waals surface area (Å²) in [6, 6.07) is 0. The van der Waals surface area contributed by atoms with Crippen LogP contribution in [0.4, 0.5) is 0 Å². The lowest BCUT2D eigenvalue weighted by Crippen LogP contribution is -2.29. The Morgan fingerprint density at radius 2 is 1.10 bits per heavy atom. The molecule has 0 rings (SSSR count).